The monoisotopic (exact) mass is 372 g/mol. The first-order valence-corrected chi connectivity index (χ1v) is 9.84. The average Bonchev–Trinajstić information content (AvgIpc) is 3.18. The number of ketones is 1. The zero-order chi connectivity index (χ0) is 18.7. The van der Waals surface area contributed by atoms with Gasteiger partial charge < -0.3 is 5.32 Å². The van der Waals surface area contributed by atoms with Crippen molar-refractivity contribution in [3.63, 3.8) is 0 Å². The Morgan fingerprint density at radius 1 is 0.962 bits per heavy atom. The fourth-order valence-electron chi connectivity index (χ4n) is 2.87. The van der Waals surface area contributed by atoms with Crippen molar-refractivity contribution in [1.29, 1.82) is 0 Å². The van der Waals surface area contributed by atoms with E-state index in [1.165, 1.54) is 23.4 Å². The van der Waals surface area contributed by atoms with Crippen LogP contribution in [0.3, 0.4) is 0 Å². The van der Waals surface area contributed by atoms with E-state index in [-0.39, 0.29) is 16.2 Å². The second-order valence-electron chi connectivity index (χ2n) is 6.23. The molecule has 2 aromatic carbocycles. The summed E-state index contributed by atoms with van der Waals surface area (Å²) in [6.07, 6.45) is 1.71. The van der Waals surface area contributed by atoms with Crippen LogP contribution < -0.4 is 5.32 Å². The Hall–Kier alpha value is -2.51. The minimum atomic E-state index is -3.57. The molecule has 1 amide bonds. The molecule has 1 N–H and O–H groups in total. The normalized spacial score (nSPS) is 15.0. The Labute approximate surface area is 152 Å². The molecule has 1 heterocycles. The molecule has 6 nitrogen and oxygen atoms in total. The van der Waals surface area contributed by atoms with Crippen molar-refractivity contribution in [3.8, 4) is 0 Å². The molecule has 1 aliphatic heterocycles. The lowest BCUT2D eigenvalue weighted by molar-refractivity contribution is 0.101. The van der Waals surface area contributed by atoms with Gasteiger partial charge in [0.1, 0.15) is 0 Å². The van der Waals surface area contributed by atoms with Gasteiger partial charge in [-0.25, -0.2) is 8.42 Å². The molecular formula is C19H20N2O4S. The van der Waals surface area contributed by atoms with Crippen molar-refractivity contribution in [1.82, 2.24) is 4.31 Å². The van der Waals surface area contributed by atoms with Gasteiger partial charge in [0.05, 0.1) is 4.90 Å². The van der Waals surface area contributed by atoms with Crippen LogP contribution in [0.2, 0.25) is 0 Å². The van der Waals surface area contributed by atoms with Crippen molar-refractivity contribution in [2.45, 2.75) is 24.7 Å². The van der Waals surface area contributed by atoms with E-state index in [1.807, 2.05) is 0 Å². The maximum atomic E-state index is 12.6. The first kappa shape index (κ1) is 18.3. The number of nitrogens with zero attached hydrogens (tertiary/aromatic N) is 1. The van der Waals surface area contributed by atoms with Gasteiger partial charge >= 0.3 is 0 Å². The smallest absolute Gasteiger partial charge is 0.255 e. The SMILES string of the molecule is CC(=O)c1ccc(NC(=O)c2cccc(S(=O)(=O)N3CCCC3)c2)cc1. The van der Waals surface area contributed by atoms with Gasteiger partial charge in [-0.2, -0.15) is 4.31 Å². The third-order valence-corrected chi connectivity index (χ3v) is 6.24. The molecule has 0 saturated carbocycles. The van der Waals surface area contributed by atoms with Crippen LogP contribution in [0.1, 0.15) is 40.5 Å². The molecule has 0 atom stereocenters. The summed E-state index contributed by atoms with van der Waals surface area (Å²) < 4.78 is 26.7. The molecule has 0 spiro atoms. The molecule has 3 rings (SSSR count). The summed E-state index contributed by atoms with van der Waals surface area (Å²) in [4.78, 5) is 23.9. The molecule has 0 unspecified atom stereocenters. The number of anilines is 1. The van der Waals surface area contributed by atoms with E-state index in [0.717, 1.165) is 12.8 Å². The Bertz CT molecular complexity index is 930. The molecule has 1 aliphatic rings. The Morgan fingerprint density at radius 3 is 2.23 bits per heavy atom. The van der Waals surface area contributed by atoms with Gasteiger partial charge in [0.25, 0.3) is 5.91 Å². The van der Waals surface area contributed by atoms with E-state index in [1.54, 1.807) is 36.4 Å². The van der Waals surface area contributed by atoms with Crippen molar-refractivity contribution in [2.24, 2.45) is 0 Å². The van der Waals surface area contributed by atoms with Crippen LogP contribution in [0.15, 0.2) is 53.4 Å². The lowest BCUT2D eigenvalue weighted by Crippen LogP contribution is -2.28. The van der Waals surface area contributed by atoms with Gasteiger partial charge in [-0.1, -0.05) is 6.07 Å². The van der Waals surface area contributed by atoms with Crippen LogP contribution in [0.5, 0.6) is 0 Å². The number of rotatable bonds is 5. The minimum Gasteiger partial charge on any atom is -0.322 e. The first-order chi connectivity index (χ1) is 12.4. The summed E-state index contributed by atoms with van der Waals surface area (Å²) >= 11 is 0. The number of hydrogen-bond acceptors (Lipinski definition) is 4. The lowest BCUT2D eigenvalue weighted by atomic mass is 10.1. The number of carbonyl (C=O) groups excluding carboxylic acids is 2. The number of Topliss-reactive ketones (excluding diaryl/α,β-unsaturated/α-hetero) is 1. The molecular weight excluding hydrogens is 352 g/mol. The molecule has 136 valence electrons. The highest BCUT2D eigenvalue weighted by Gasteiger charge is 2.27. The molecule has 7 heteroatoms. The van der Waals surface area contributed by atoms with E-state index < -0.39 is 15.9 Å². The predicted octanol–water partition coefficient (Wildman–Crippen LogP) is 2.93. The van der Waals surface area contributed by atoms with Crippen molar-refractivity contribution >= 4 is 27.4 Å². The zero-order valence-electron chi connectivity index (χ0n) is 14.4. The number of hydrogen-bond donors (Lipinski definition) is 1. The molecule has 0 aliphatic carbocycles. The fraction of sp³-hybridized carbons (Fsp3) is 0.263. The lowest BCUT2D eigenvalue weighted by Gasteiger charge is -2.16. The molecule has 0 radical (unpaired) electrons. The summed E-state index contributed by atoms with van der Waals surface area (Å²) in [7, 11) is -3.57. The summed E-state index contributed by atoms with van der Waals surface area (Å²) in [6.45, 7) is 2.50. The molecule has 26 heavy (non-hydrogen) atoms. The Kier molecular flexibility index (Phi) is 5.20. The number of nitrogens with one attached hydrogen (secondary N) is 1. The zero-order valence-corrected chi connectivity index (χ0v) is 15.3. The highest BCUT2D eigenvalue weighted by molar-refractivity contribution is 7.89. The van der Waals surface area contributed by atoms with Gasteiger partial charge in [0.2, 0.25) is 10.0 Å². The molecule has 0 bridgehead atoms. The largest absolute Gasteiger partial charge is 0.322 e. The number of amides is 1. The summed E-state index contributed by atoms with van der Waals surface area (Å²) in [6, 6.07) is 12.6. The maximum Gasteiger partial charge on any atom is 0.255 e. The minimum absolute atomic E-state index is 0.0531. The summed E-state index contributed by atoms with van der Waals surface area (Å²) in [5.74, 6) is -0.457. The topological polar surface area (TPSA) is 83.5 Å². The third-order valence-electron chi connectivity index (χ3n) is 4.35. The van der Waals surface area contributed by atoms with Crippen molar-refractivity contribution < 1.29 is 18.0 Å². The molecule has 1 fully saturated rings. The number of benzene rings is 2. The quantitative estimate of drug-likeness (QED) is 0.818. The Balaban J connectivity index is 1.79. The van der Waals surface area contributed by atoms with Crippen molar-refractivity contribution in [3.05, 3.63) is 59.7 Å². The van der Waals surface area contributed by atoms with Crippen LogP contribution in [-0.4, -0.2) is 37.5 Å². The average molecular weight is 372 g/mol. The standard InChI is InChI=1S/C19H20N2O4S/c1-14(22)15-7-9-17(10-8-15)20-19(23)16-5-4-6-18(13-16)26(24,25)21-11-2-3-12-21/h4-10,13H,2-3,11-12H2,1H3,(H,20,23). The van der Waals surface area contributed by atoms with Gasteiger partial charge in [-0.15, -0.1) is 0 Å². The molecule has 1 saturated heterocycles. The van der Waals surface area contributed by atoms with Gasteiger partial charge in [0, 0.05) is 29.9 Å². The highest BCUT2D eigenvalue weighted by atomic mass is 32.2. The van der Waals surface area contributed by atoms with E-state index in [0.29, 0.717) is 24.3 Å². The predicted molar refractivity (Wildman–Crippen MR) is 98.8 cm³/mol. The van der Waals surface area contributed by atoms with Crippen molar-refractivity contribution in [2.75, 3.05) is 18.4 Å². The van der Waals surface area contributed by atoms with Gasteiger partial charge in [0.15, 0.2) is 5.78 Å². The third kappa shape index (κ3) is 3.84. The first-order valence-electron chi connectivity index (χ1n) is 8.40. The van der Waals surface area contributed by atoms with Crippen LogP contribution >= 0.6 is 0 Å². The van der Waals surface area contributed by atoms with E-state index in [2.05, 4.69) is 5.32 Å². The maximum absolute atomic E-state index is 12.6. The van der Waals surface area contributed by atoms with E-state index >= 15 is 0 Å². The highest BCUT2D eigenvalue weighted by Crippen LogP contribution is 2.22. The molecule has 0 aromatic heterocycles. The van der Waals surface area contributed by atoms with Crippen LogP contribution in [0, 0.1) is 0 Å². The second kappa shape index (κ2) is 7.39. The van der Waals surface area contributed by atoms with Crippen LogP contribution in [0.4, 0.5) is 5.69 Å². The van der Waals surface area contributed by atoms with Crippen LogP contribution in [-0.2, 0) is 10.0 Å². The fourth-order valence-corrected chi connectivity index (χ4v) is 4.43. The second-order valence-corrected chi connectivity index (χ2v) is 8.16. The number of carbonyl (C=O) groups is 2. The van der Waals surface area contributed by atoms with Gasteiger partial charge in [-0.3, -0.25) is 9.59 Å². The Morgan fingerprint density at radius 2 is 1.62 bits per heavy atom. The van der Waals surface area contributed by atoms with E-state index in [9.17, 15) is 18.0 Å². The number of sulfonamides is 1. The van der Waals surface area contributed by atoms with Gasteiger partial charge in [-0.05, 0) is 62.2 Å². The molecule has 2 aromatic rings. The van der Waals surface area contributed by atoms with E-state index in [4.69, 9.17) is 0 Å². The summed E-state index contributed by atoms with van der Waals surface area (Å²) in [5, 5.41) is 2.71. The summed E-state index contributed by atoms with van der Waals surface area (Å²) in [5.41, 5.74) is 1.36. The van der Waals surface area contributed by atoms with Crippen LogP contribution in [0.25, 0.3) is 0 Å².